The van der Waals surface area contributed by atoms with Gasteiger partial charge in [0.2, 0.25) is 0 Å². The van der Waals surface area contributed by atoms with Crippen LogP contribution < -0.4 is 5.73 Å². The molecule has 0 saturated carbocycles. The molecule has 6 heteroatoms. The van der Waals surface area contributed by atoms with Crippen molar-refractivity contribution in [3.63, 3.8) is 0 Å². The number of carboxylic acids is 1. The third-order valence-electron chi connectivity index (χ3n) is 1.52. The molecule has 0 saturated heterocycles. The monoisotopic (exact) mass is 192 g/mol. The molecule has 72 valence electrons. The topological polar surface area (TPSA) is 113 Å². The second-order valence-electron chi connectivity index (χ2n) is 2.36. The third-order valence-corrected chi connectivity index (χ3v) is 1.52. The number of aromatic nitrogens is 2. The molecule has 0 radical (unpaired) electrons. The van der Waals surface area contributed by atoms with Crippen molar-refractivity contribution in [2.75, 3.05) is 0 Å². The molecular weight excluding hydrogens is 184 g/mol. The van der Waals surface area contributed by atoms with Crippen molar-refractivity contribution in [3.05, 3.63) is 30.0 Å². The van der Waals surface area contributed by atoms with E-state index in [0.717, 1.165) is 12.5 Å². The van der Waals surface area contributed by atoms with Crippen LogP contribution in [0.2, 0.25) is 0 Å². The summed E-state index contributed by atoms with van der Waals surface area (Å²) in [7, 11) is 0. The van der Waals surface area contributed by atoms with Gasteiger partial charge in [-0.1, -0.05) is 0 Å². The lowest BCUT2D eigenvalue weighted by Gasteiger charge is -1.99. The molecule has 1 rings (SSSR count). The van der Waals surface area contributed by atoms with Gasteiger partial charge < -0.3 is 16.2 Å². The summed E-state index contributed by atoms with van der Waals surface area (Å²) in [5.41, 5.74) is 5.75. The first-order valence-electron chi connectivity index (χ1n) is 3.67. The molecule has 0 aliphatic carbocycles. The molecule has 0 spiro atoms. The van der Waals surface area contributed by atoms with Gasteiger partial charge in [0.25, 0.3) is 0 Å². The quantitative estimate of drug-likeness (QED) is 0.589. The van der Waals surface area contributed by atoms with Crippen molar-refractivity contribution in [2.45, 2.75) is 0 Å². The lowest BCUT2D eigenvalue weighted by Crippen LogP contribution is -2.03. The fraction of sp³-hybridized carbons (Fsp3) is 0. The first kappa shape index (κ1) is 9.85. The molecule has 0 amide bonds. The van der Waals surface area contributed by atoms with E-state index in [0.29, 0.717) is 11.3 Å². The van der Waals surface area contributed by atoms with Gasteiger partial charge in [0.05, 0.1) is 5.69 Å². The van der Waals surface area contributed by atoms with E-state index in [1.807, 2.05) is 0 Å². The Morgan fingerprint density at radius 3 is 2.64 bits per heavy atom. The zero-order valence-electron chi connectivity index (χ0n) is 7.14. The molecule has 1 aromatic rings. The normalized spacial score (nSPS) is 11.0. The molecule has 14 heavy (non-hydrogen) atoms. The van der Waals surface area contributed by atoms with Crippen molar-refractivity contribution in [1.29, 1.82) is 5.41 Å². The summed E-state index contributed by atoms with van der Waals surface area (Å²) in [5.74, 6) is -1.14. The molecule has 0 aliphatic rings. The predicted molar refractivity (Wildman–Crippen MR) is 49.9 cm³/mol. The Balaban J connectivity index is 3.17. The molecule has 0 fully saturated rings. The number of hydrogen-bond donors (Lipinski definition) is 3. The van der Waals surface area contributed by atoms with Crippen LogP contribution in [0.25, 0.3) is 5.57 Å². The van der Waals surface area contributed by atoms with E-state index in [1.54, 1.807) is 0 Å². The zero-order valence-corrected chi connectivity index (χ0v) is 7.14. The van der Waals surface area contributed by atoms with Crippen LogP contribution in [-0.2, 0) is 0 Å². The Morgan fingerprint density at radius 2 is 2.14 bits per heavy atom. The number of hydrogen-bond acceptors (Lipinski definition) is 5. The van der Waals surface area contributed by atoms with Crippen molar-refractivity contribution < 1.29 is 9.90 Å². The van der Waals surface area contributed by atoms with Crippen LogP contribution in [0, 0.1) is 5.41 Å². The van der Waals surface area contributed by atoms with E-state index in [-0.39, 0.29) is 5.69 Å². The highest BCUT2D eigenvalue weighted by molar-refractivity contribution is 6.07. The van der Waals surface area contributed by atoms with Gasteiger partial charge in [-0.15, -0.1) is 0 Å². The van der Waals surface area contributed by atoms with Gasteiger partial charge in [0.1, 0.15) is 6.33 Å². The maximum atomic E-state index is 10.6. The van der Waals surface area contributed by atoms with Gasteiger partial charge in [-0.3, -0.25) is 0 Å². The summed E-state index contributed by atoms with van der Waals surface area (Å²) in [5, 5.41) is 15.6. The molecule has 1 heterocycles. The second kappa shape index (κ2) is 4.13. The Morgan fingerprint density at radius 1 is 1.50 bits per heavy atom. The van der Waals surface area contributed by atoms with E-state index in [4.69, 9.17) is 16.2 Å². The average Bonchev–Trinajstić information content (AvgIpc) is 2.20. The van der Waals surface area contributed by atoms with Crippen molar-refractivity contribution in [1.82, 2.24) is 9.97 Å². The second-order valence-corrected chi connectivity index (χ2v) is 2.36. The number of carbonyl (C=O) groups is 1. The van der Waals surface area contributed by atoms with E-state index in [1.165, 1.54) is 12.3 Å². The zero-order chi connectivity index (χ0) is 10.6. The van der Waals surface area contributed by atoms with Gasteiger partial charge in [0, 0.05) is 18.0 Å². The Bertz CT molecular complexity index is 400. The lowest BCUT2D eigenvalue weighted by molar-refractivity contribution is 0.0690. The van der Waals surface area contributed by atoms with Crippen LogP contribution in [0.4, 0.5) is 0 Å². The van der Waals surface area contributed by atoms with E-state index in [2.05, 4.69) is 9.97 Å². The van der Waals surface area contributed by atoms with E-state index >= 15 is 0 Å². The van der Waals surface area contributed by atoms with Crippen molar-refractivity contribution in [3.8, 4) is 0 Å². The molecule has 0 aliphatic heterocycles. The van der Waals surface area contributed by atoms with E-state index < -0.39 is 5.97 Å². The highest BCUT2D eigenvalue weighted by atomic mass is 16.4. The Labute approximate surface area is 79.6 Å². The number of allylic oxidation sites excluding steroid dienone is 1. The number of nitrogens with one attached hydrogen (secondary N) is 1. The number of nitrogens with two attached hydrogens (primary N) is 1. The maximum Gasteiger partial charge on any atom is 0.354 e. The van der Waals surface area contributed by atoms with Crippen LogP contribution in [0.3, 0.4) is 0 Å². The first-order chi connectivity index (χ1) is 6.69. The summed E-state index contributed by atoms with van der Waals surface area (Å²) in [4.78, 5) is 17.9. The number of nitrogens with zero attached hydrogens (tertiary/aromatic N) is 2. The van der Waals surface area contributed by atoms with Crippen LogP contribution in [0.15, 0.2) is 18.6 Å². The smallest absolute Gasteiger partial charge is 0.354 e. The number of carboxylic acid groups (broad SMARTS) is 1. The summed E-state index contributed by atoms with van der Waals surface area (Å²) >= 11 is 0. The van der Waals surface area contributed by atoms with Crippen LogP contribution in [-0.4, -0.2) is 27.3 Å². The molecule has 0 bridgehead atoms. The minimum absolute atomic E-state index is 0.129. The SMILES string of the molecule is N=CC(=CN)c1cc(C(=O)O)ncn1. The third kappa shape index (κ3) is 1.92. The fourth-order valence-electron chi connectivity index (χ4n) is 0.840. The summed E-state index contributed by atoms with van der Waals surface area (Å²) in [6.45, 7) is 0. The van der Waals surface area contributed by atoms with Gasteiger partial charge in [-0.25, -0.2) is 14.8 Å². The number of aromatic carboxylic acids is 1. The summed E-state index contributed by atoms with van der Waals surface area (Å²) in [6, 6.07) is 1.26. The van der Waals surface area contributed by atoms with E-state index in [9.17, 15) is 4.79 Å². The molecule has 1 aromatic heterocycles. The summed E-state index contributed by atoms with van der Waals surface area (Å²) < 4.78 is 0. The maximum absolute atomic E-state index is 10.6. The molecular formula is C8H8N4O2. The van der Waals surface area contributed by atoms with Gasteiger partial charge in [-0.2, -0.15) is 0 Å². The standard InChI is InChI=1S/C8H8N4O2/c9-2-5(3-10)6-1-7(8(13)14)12-4-11-6/h1-4,9H,10H2,(H,13,14). The lowest BCUT2D eigenvalue weighted by atomic mass is 10.2. The highest BCUT2D eigenvalue weighted by Gasteiger charge is 2.07. The van der Waals surface area contributed by atoms with Crippen LogP contribution in [0.1, 0.15) is 16.2 Å². The highest BCUT2D eigenvalue weighted by Crippen LogP contribution is 2.07. The largest absolute Gasteiger partial charge is 0.477 e. The number of rotatable bonds is 3. The molecule has 0 unspecified atom stereocenters. The molecule has 6 nitrogen and oxygen atoms in total. The average molecular weight is 192 g/mol. The Hall–Kier alpha value is -2.24. The van der Waals surface area contributed by atoms with Crippen molar-refractivity contribution in [2.24, 2.45) is 5.73 Å². The fourth-order valence-corrected chi connectivity index (χ4v) is 0.840. The molecule has 0 aromatic carbocycles. The molecule has 0 atom stereocenters. The van der Waals surface area contributed by atoms with Crippen molar-refractivity contribution >= 4 is 17.8 Å². The van der Waals surface area contributed by atoms with Crippen LogP contribution in [0.5, 0.6) is 0 Å². The predicted octanol–water partition coefficient (Wildman–Crippen LogP) is 0.124. The van der Waals surface area contributed by atoms with Gasteiger partial charge in [0.15, 0.2) is 5.69 Å². The molecule has 4 N–H and O–H groups in total. The summed E-state index contributed by atoms with van der Waals surface area (Å²) in [6.07, 6.45) is 3.29. The van der Waals surface area contributed by atoms with Crippen LogP contribution >= 0.6 is 0 Å². The first-order valence-corrected chi connectivity index (χ1v) is 3.67. The minimum Gasteiger partial charge on any atom is -0.477 e. The van der Waals surface area contributed by atoms with Gasteiger partial charge in [-0.05, 0) is 6.07 Å². The minimum atomic E-state index is -1.14. The van der Waals surface area contributed by atoms with Gasteiger partial charge >= 0.3 is 5.97 Å². The Kier molecular flexibility index (Phi) is 2.90.